The van der Waals surface area contributed by atoms with Crippen LogP contribution in [-0.2, 0) is 9.53 Å². The summed E-state index contributed by atoms with van der Waals surface area (Å²) in [5, 5.41) is 0. The Hall–Kier alpha value is -0.370. The summed E-state index contributed by atoms with van der Waals surface area (Å²) < 4.78 is 5.52. The Kier molecular flexibility index (Phi) is 5.99. The Labute approximate surface area is 75.3 Å². The molecule has 0 radical (unpaired) electrons. The molecule has 0 saturated carbocycles. The molecule has 0 bridgehead atoms. The topological polar surface area (TPSA) is 26.3 Å². The second kappa shape index (κ2) is 6.18. The second-order valence-corrected chi connectivity index (χ2v) is 3.98. The van der Waals surface area contributed by atoms with Gasteiger partial charge in [-0.15, -0.1) is 0 Å². The molecule has 0 aliphatic rings. The van der Waals surface area contributed by atoms with Crippen molar-refractivity contribution in [3.63, 3.8) is 0 Å². The summed E-state index contributed by atoms with van der Waals surface area (Å²) in [5.41, 5.74) is -0.0232. The lowest BCUT2D eigenvalue weighted by atomic mass is 10.2. The van der Waals surface area contributed by atoms with Crippen molar-refractivity contribution in [2.75, 3.05) is 6.61 Å². The average molecular weight is 172 g/mol. The minimum atomic E-state index is -0.0232. The van der Waals surface area contributed by atoms with Gasteiger partial charge in [-0.25, -0.2) is 0 Å². The van der Waals surface area contributed by atoms with Gasteiger partial charge in [0, 0.05) is 13.0 Å². The number of rotatable bonds is 6. The zero-order chi connectivity index (χ0) is 9.45. The van der Waals surface area contributed by atoms with E-state index in [1.807, 2.05) is 0 Å². The lowest BCUT2D eigenvalue weighted by Gasteiger charge is -2.19. The molecule has 0 amide bonds. The third-order valence-corrected chi connectivity index (χ3v) is 1.50. The molecule has 0 spiro atoms. The largest absolute Gasteiger partial charge is 0.376 e. The van der Waals surface area contributed by atoms with E-state index in [4.69, 9.17) is 4.74 Å². The van der Waals surface area contributed by atoms with E-state index in [0.717, 1.165) is 32.2 Å². The molecule has 0 rings (SSSR count). The number of unbranched alkanes of at least 4 members (excludes halogenated alkanes) is 3. The predicted molar refractivity (Wildman–Crippen MR) is 50.2 cm³/mol. The number of aldehydes is 1. The highest BCUT2D eigenvalue weighted by Gasteiger charge is 2.08. The molecule has 0 saturated heterocycles. The first-order valence-corrected chi connectivity index (χ1v) is 4.64. The maximum atomic E-state index is 9.97. The first-order chi connectivity index (χ1) is 5.56. The molecule has 0 atom stereocenters. The van der Waals surface area contributed by atoms with E-state index in [9.17, 15) is 4.79 Å². The minimum absolute atomic E-state index is 0.0232. The fourth-order valence-electron chi connectivity index (χ4n) is 0.885. The molecule has 0 aliphatic heterocycles. The van der Waals surface area contributed by atoms with E-state index >= 15 is 0 Å². The highest BCUT2D eigenvalue weighted by Crippen LogP contribution is 2.08. The molecule has 72 valence electrons. The van der Waals surface area contributed by atoms with Crippen molar-refractivity contribution in [1.29, 1.82) is 0 Å². The van der Waals surface area contributed by atoms with Gasteiger partial charge >= 0.3 is 0 Å². The number of carbonyl (C=O) groups excluding carboxylic acids is 1. The van der Waals surface area contributed by atoms with Crippen molar-refractivity contribution < 1.29 is 9.53 Å². The highest BCUT2D eigenvalue weighted by atomic mass is 16.5. The second-order valence-electron chi connectivity index (χ2n) is 3.98. The Morgan fingerprint density at radius 1 is 1.17 bits per heavy atom. The summed E-state index contributed by atoms with van der Waals surface area (Å²) in [4.78, 5) is 9.97. The smallest absolute Gasteiger partial charge is 0.119 e. The van der Waals surface area contributed by atoms with E-state index in [0.29, 0.717) is 6.42 Å². The van der Waals surface area contributed by atoms with Crippen LogP contribution in [0.1, 0.15) is 46.5 Å². The third-order valence-electron chi connectivity index (χ3n) is 1.50. The summed E-state index contributed by atoms with van der Waals surface area (Å²) in [7, 11) is 0. The van der Waals surface area contributed by atoms with Crippen molar-refractivity contribution >= 4 is 6.29 Å². The molecule has 0 aromatic carbocycles. The Bertz CT molecular complexity index is 113. The van der Waals surface area contributed by atoms with E-state index in [-0.39, 0.29) is 5.60 Å². The third kappa shape index (κ3) is 9.63. The molecule has 2 heteroatoms. The molecule has 0 fully saturated rings. The summed E-state index contributed by atoms with van der Waals surface area (Å²) >= 11 is 0. The fraction of sp³-hybridized carbons (Fsp3) is 0.900. The standard InChI is InChI=1S/C10H20O2/c1-10(2,3)12-9-7-5-4-6-8-11/h8H,4-7,9H2,1-3H3. The van der Waals surface area contributed by atoms with Gasteiger partial charge in [0.05, 0.1) is 5.60 Å². The van der Waals surface area contributed by atoms with Crippen LogP contribution in [0, 0.1) is 0 Å². The normalized spacial score (nSPS) is 11.6. The SMILES string of the molecule is CC(C)(C)OCCCCCC=O. The predicted octanol–water partition coefficient (Wildman–Crippen LogP) is 2.56. The van der Waals surface area contributed by atoms with E-state index in [2.05, 4.69) is 20.8 Å². The lowest BCUT2D eigenvalue weighted by Crippen LogP contribution is -2.19. The molecule has 0 aliphatic carbocycles. The quantitative estimate of drug-likeness (QED) is 0.454. The van der Waals surface area contributed by atoms with Crippen LogP contribution >= 0.6 is 0 Å². The molecule has 12 heavy (non-hydrogen) atoms. The van der Waals surface area contributed by atoms with E-state index in [1.54, 1.807) is 0 Å². The van der Waals surface area contributed by atoms with Crippen molar-refractivity contribution in [3.05, 3.63) is 0 Å². The Morgan fingerprint density at radius 3 is 2.33 bits per heavy atom. The molecular formula is C10H20O2. The van der Waals surface area contributed by atoms with Crippen molar-refractivity contribution in [2.24, 2.45) is 0 Å². The first-order valence-electron chi connectivity index (χ1n) is 4.64. The first kappa shape index (κ1) is 11.6. The zero-order valence-corrected chi connectivity index (χ0v) is 8.43. The zero-order valence-electron chi connectivity index (χ0n) is 8.43. The Balaban J connectivity index is 3.06. The number of hydrogen-bond acceptors (Lipinski definition) is 2. The van der Waals surface area contributed by atoms with Gasteiger partial charge in [0.1, 0.15) is 6.29 Å². The number of hydrogen-bond donors (Lipinski definition) is 0. The van der Waals surface area contributed by atoms with Crippen molar-refractivity contribution in [3.8, 4) is 0 Å². The highest BCUT2D eigenvalue weighted by molar-refractivity contribution is 5.48. The minimum Gasteiger partial charge on any atom is -0.376 e. The summed E-state index contributed by atoms with van der Waals surface area (Å²) in [6.45, 7) is 6.97. The van der Waals surface area contributed by atoms with Gasteiger partial charge in [-0.05, 0) is 33.6 Å². The van der Waals surface area contributed by atoms with Gasteiger partial charge in [-0.2, -0.15) is 0 Å². The molecular weight excluding hydrogens is 152 g/mol. The van der Waals surface area contributed by atoms with Crippen molar-refractivity contribution in [2.45, 2.75) is 52.1 Å². The van der Waals surface area contributed by atoms with Gasteiger partial charge in [-0.1, -0.05) is 6.42 Å². The van der Waals surface area contributed by atoms with Crippen LogP contribution in [0.4, 0.5) is 0 Å². The maximum Gasteiger partial charge on any atom is 0.119 e. The monoisotopic (exact) mass is 172 g/mol. The fourth-order valence-corrected chi connectivity index (χ4v) is 0.885. The molecule has 2 nitrogen and oxygen atoms in total. The van der Waals surface area contributed by atoms with Crippen LogP contribution in [0.5, 0.6) is 0 Å². The van der Waals surface area contributed by atoms with Crippen LogP contribution in [0.2, 0.25) is 0 Å². The summed E-state index contributed by atoms with van der Waals surface area (Å²) in [5.74, 6) is 0. The van der Waals surface area contributed by atoms with Crippen LogP contribution in [0.15, 0.2) is 0 Å². The maximum absolute atomic E-state index is 9.97. The van der Waals surface area contributed by atoms with E-state index < -0.39 is 0 Å². The van der Waals surface area contributed by atoms with Crippen LogP contribution in [-0.4, -0.2) is 18.5 Å². The van der Waals surface area contributed by atoms with Gasteiger partial charge in [0.2, 0.25) is 0 Å². The van der Waals surface area contributed by atoms with Gasteiger partial charge in [0.15, 0.2) is 0 Å². The van der Waals surface area contributed by atoms with Crippen LogP contribution < -0.4 is 0 Å². The number of carbonyl (C=O) groups is 1. The van der Waals surface area contributed by atoms with Gasteiger partial charge in [-0.3, -0.25) is 0 Å². The summed E-state index contributed by atoms with van der Waals surface area (Å²) in [6, 6.07) is 0. The molecule has 0 N–H and O–H groups in total. The molecule has 0 heterocycles. The molecule has 0 aromatic heterocycles. The van der Waals surface area contributed by atoms with Crippen LogP contribution in [0.25, 0.3) is 0 Å². The average Bonchev–Trinajstić information content (AvgIpc) is 1.94. The molecule has 0 unspecified atom stereocenters. The molecule has 0 aromatic rings. The number of ether oxygens (including phenoxy) is 1. The summed E-state index contributed by atoms with van der Waals surface area (Å²) in [6.07, 6.45) is 4.82. The van der Waals surface area contributed by atoms with Crippen molar-refractivity contribution in [1.82, 2.24) is 0 Å². The Morgan fingerprint density at radius 2 is 1.83 bits per heavy atom. The lowest BCUT2D eigenvalue weighted by molar-refractivity contribution is -0.108. The van der Waals surface area contributed by atoms with E-state index in [1.165, 1.54) is 0 Å². The van der Waals surface area contributed by atoms with Crippen LogP contribution in [0.3, 0.4) is 0 Å². The van der Waals surface area contributed by atoms with Gasteiger partial charge in [0.25, 0.3) is 0 Å². The van der Waals surface area contributed by atoms with Gasteiger partial charge < -0.3 is 9.53 Å².